The van der Waals surface area contributed by atoms with Gasteiger partial charge in [-0.25, -0.2) is 0 Å². The molecule has 2 rings (SSSR count). The van der Waals surface area contributed by atoms with Crippen LogP contribution >= 0.6 is 23.4 Å². The Morgan fingerprint density at radius 2 is 2.00 bits per heavy atom. The van der Waals surface area contributed by atoms with Crippen molar-refractivity contribution < 1.29 is 4.79 Å². The van der Waals surface area contributed by atoms with Crippen molar-refractivity contribution in [3.63, 3.8) is 0 Å². The van der Waals surface area contributed by atoms with Gasteiger partial charge in [-0.1, -0.05) is 18.5 Å². The smallest absolute Gasteiger partial charge is 0.222 e. The molecular weight excluding hydrogens is 328 g/mol. The van der Waals surface area contributed by atoms with E-state index in [1.807, 2.05) is 24.3 Å². The first kappa shape index (κ1) is 18.6. The van der Waals surface area contributed by atoms with Crippen LogP contribution in [0.1, 0.15) is 32.6 Å². The normalized spacial score (nSPS) is 15.8. The van der Waals surface area contributed by atoms with Gasteiger partial charge < -0.3 is 10.2 Å². The van der Waals surface area contributed by atoms with Crippen LogP contribution in [0.4, 0.5) is 0 Å². The van der Waals surface area contributed by atoms with Gasteiger partial charge in [-0.3, -0.25) is 4.79 Å². The van der Waals surface area contributed by atoms with Gasteiger partial charge in [-0.2, -0.15) is 0 Å². The van der Waals surface area contributed by atoms with Crippen molar-refractivity contribution in [3.8, 4) is 0 Å². The predicted molar refractivity (Wildman–Crippen MR) is 99.3 cm³/mol. The summed E-state index contributed by atoms with van der Waals surface area (Å²) in [7, 11) is 0. The summed E-state index contributed by atoms with van der Waals surface area (Å²) in [5, 5.41) is 4.17. The van der Waals surface area contributed by atoms with Gasteiger partial charge in [0.15, 0.2) is 0 Å². The first-order valence-corrected chi connectivity index (χ1v) is 9.92. The highest BCUT2D eigenvalue weighted by molar-refractivity contribution is 7.99. The van der Waals surface area contributed by atoms with Crippen LogP contribution < -0.4 is 5.32 Å². The van der Waals surface area contributed by atoms with Crippen LogP contribution in [0.5, 0.6) is 0 Å². The quantitative estimate of drug-likeness (QED) is 0.564. The first-order chi connectivity index (χ1) is 11.2. The fourth-order valence-electron chi connectivity index (χ4n) is 2.84. The van der Waals surface area contributed by atoms with Crippen LogP contribution in [0.15, 0.2) is 29.2 Å². The molecular formula is C18H27ClN2OS. The summed E-state index contributed by atoms with van der Waals surface area (Å²) >= 11 is 7.67. The average Bonchev–Trinajstić information content (AvgIpc) is 2.58. The van der Waals surface area contributed by atoms with Crippen molar-refractivity contribution in [1.82, 2.24) is 10.2 Å². The minimum atomic E-state index is 0.323. The third kappa shape index (κ3) is 6.74. The number of thioether (sulfide) groups is 1. The van der Waals surface area contributed by atoms with E-state index in [0.29, 0.717) is 12.3 Å². The maximum Gasteiger partial charge on any atom is 0.222 e. The van der Waals surface area contributed by atoms with Gasteiger partial charge >= 0.3 is 0 Å². The lowest BCUT2D eigenvalue weighted by atomic mass is 9.96. The number of hydrogen-bond donors (Lipinski definition) is 1. The van der Waals surface area contributed by atoms with E-state index >= 15 is 0 Å². The largest absolute Gasteiger partial charge is 0.343 e. The summed E-state index contributed by atoms with van der Waals surface area (Å²) < 4.78 is 0. The summed E-state index contributed by atoms with van der Waals surface area (Å²) in [4.78, 5) is 15.5. The number of likely N-dealkylation sites (tertiary alicyclic amines) is 1. The van der Waals surface area contributed by atoms with E-state index in [0.717, 1.165) is 62.1 Å². The highest BCUT2D eigenvalue weighted by Gasteiger charge is 2.21. The highest BCUT2D eigenvalue weighted by Crippen LogP contribution is 2.22. The number of amides is 1. The number of hydrogen-bond acceptors (Lipinski definition) is 3. The Kier molecular flexibility index (Phi) is 8.27. The summed E-state index contributed by atoms with van der Waals surface area (Å²) in [5.74, 6) is 2.03. The van der Waals surface area contributed by atoms with E-state index in [9.17, 15) is 4.79 Å². The maximum absolute atomic E-state index is 12.3. The van der Waals surface area contributed by atoms with Crippen molar-refractivity contribution in [1.29, 1.82) is 0 Å². The molecule has 0 radical (unpaired) electrons. The second kappa shape index (κ2) is 10.2. The summed E-state index contributed by atoms with van der Waals surface area (Å²) in [6, 6.07) is 7.88. The van der Waals surface area contributed by atoms with Crippen LogP contribution in [0, 0.1) is 5.92 Å². The molecule has 0 spiro atoms. The molecule has 3 nitrogen and oxygen atoms in total. The number of nitrogens with one attached hydrogen (secondary N) is 1. The van der Waals surface area contributed by atoms with Crippen LogP contribution in [0.25, 0.3) is 0 Å². The van der Waals surface area contributed by atoms with E-state index in [4.69, 9.17) is 11.6 Å². The van der Waals surface area contributed by atoms with Crippen molar-refractivity contribution in [2.45, 2.75) is 37.5 Å². The van der Waals surface area contributed by atoms with Crippen molar-refractivity contribution in [2.75, 3.05) is 31.9 Å². The van der Waals surface area contributed by atoms with E-state index < -0.39 is 0 Å². The molecule has 5 heteroatoms. The molecule has 128 valence electrons. The lowest BCUT2D eigenvalue weighted by Crippen LogP contribution is -2.40. The van der Waals surface area contributed by atoms with Gasteiger partial charge in [-0.15, -0.1) is 11.8 Å². The SMILES string of the molecule is CCNCC1CCN(C(=O)CCCSc2ccc(Cl)cc2)CC1. The Morgan fingerprint density at radius 3 is 2.65 bits per heavy atom. The number of benzene rings is 1. The molecule has 1 aliphatic rings. The topological polar surface area (TPSA) is 32.3 Å². The molecule has 1 fully saturated rings. The number of piperidine rings is 1. The lowest BCUT2D eigenvalue weighted by Gasteiger charge is -2.32. The van der Waals surface area contributed by atoms with Gasteiger partial charge in [0.05, 0.1) is 0 Å². The van der Waals surface area contributed by atoms with Crippen molar-refractivity contribution in [2.24, 2.45) is 5.92 Å². The van der Waals surface area contributed by atoms with Gasteiger partial charge in [0.2, 0.25) is 5.91 Å². The third-order valence-corrected chi connectivity index (χ3v) is 5.62. The molecule has 1 N–H and O–H groups in total. The molecule has 0 unspecified atom stereocenters. The molecule has 0 aromatic heterocycles. The molecule has 1 amide bonds. The lowest BCUT2D eigenvalue weighted by molar-refractivity contribution is -0.132. The zero-order valence-electron chi connectivity index (χ0n) is 13.9. The Bertz CT molecular complexity index is 472. The van der Waals surface area contributed by atoms with Gasteiger partial charge in [0.25, 0.3) is 0 Å². The average molecular weight is 355 g/mol. The van der Waals surface area contributed by atoms with E-state index in [1.54, 1.807) is 11.8 Å². The summed E-state index contributed by atoms with van der Waals surface area (Å²) in [6.45, 7) is 6.12. The predicted octanol–water partition coefficient (Wildman–Crippen LogP) is 4.06. The fourth-order valence-corrected chi connectivity index (χ4v) is 3.82. The fraction of sp³-hybridized carbons (Fsp3) is 0.611. The minimum Gasteiger partial charge on any atom is -0.343 e. The van der Waals surface area contributed by atoms with Gasteiger partial charge in [-0.05, 0) is 68.3 Å². The second-order valence-electron chi connectivity index (χ2n) is 6.04. The third-order valence-electron chi connectivity index (χ3n) is 4.27. The highest BCUT2D eigenvalue weighted by atomic mass is 35.5. The molecule has 0 saturated carbocycles. The first-order valence-electron chi connectivity index (χ1n) is 8.56. The van der Waals surface area contributed by atoms with Crippen molar-refractivity contribution in [3.05, 3.63) is 29.3 Å². The Morgan fingerprint density at radius 1 is 1.30 bits per heavy atom. The molecule has 1 aromatic carbocycles. The van der Waals surface area contributed by atoms with Crippen LogP contribution in [0.3, 0.4) is 0 Å². The summed E-state index contributed by atoms with van der Waals surface area (Å²) in [6.07, 6.45) is 3.87. The van der Waals surface area contributed by atoms with Gasteiger partial charge in [0, 0.05) is 29.4 Å². The summed E-state index contributed by atoms with van der Waals surface area (Å²) in [5.41, 5.74) is 0. The monoisotopic (exact) mass is 354 g/mol. The number of carbonyl (C=O) groups is 1. The molecule has 0 atom stereocenters. The zero-order valence-corrected chi connectivity index (χ0v) is 15.5. The Labute approximate surface area is 149 Å². The number of carbonyl (C=O) groups excluding carboxylic acids is 1. The molecule has 1 aliphatic heterocycles. The Hall–Kier alpha value is -0.710. The number of nitrogens with zero attached hydrogens (tertiary/aromatic N) is 1. The van der Waals surface area contributed by atoms with E-state index in [-0.39, 0.29) is 0 Å². The number of rotatable bonds is 8. The maximum atomic E-state index is 12.3. The standard InChI is InChI=1S/C18H27ClN2OS/c1-2-20-14-15-9-11-21(12-10-15)18(22)4-3-13-23-17-7-5-16(19)6-8-17/h5-8,15,20H,2-4,9-14H2,1H3. The van der Waals surface area contributed by atoms with Crippen LogP contribution in [-0.2, 0) is 4.79 Å². The number of halogens is 1. The molecule has 0 aliphatic carbocycles. The van der Waals surface area contributed by atoms with Crippen molar-refractivity contribution >= 4 is 29.3 Å². The Balaban J connectivity index is 1.59. The van der Waals surface area contributed by atoms with E-state index in [2.05, 4.69) is 17.1 Å². The zero-order chi connectivity index (χ0) is 16.5. The molecule has 23 heavy (non-hydrogen) atoms. The van der Waals surface area contributed by atoms with Crippen LogP contribution in [-0.4, -0.2) is 42.7 Å². The molecule has 0 bridgehead atoms. The minimum absolute atomic E-state index is 0.323. The molecule has 1 heterocycles. The van der Waals surface area contributed by atoms with Crippen LogP contribution in [0.2, 0.25) is 5.02 Å². The van der Waals surface area contributed by atoms with E-state index in [1.165, 1.54) is 4.90 Å². The second-order valence-corrected chi connectivity index (χ2v) is 7.64. The molecule has 1 saturated heterocycles. The molecule has 1 aromatic rings. The van der Waals surface area contributed by atoms with Gasteiger partial charge in [0.1, 0.15) is 0 Å².